The normalized spacial score (nSPS) is 10.4. The average molecular weight is 241 g/mol. The highest BCUT2D eigenvalue weighted by Crippen LogP contribution is 2.21. The number of nitrogens with zero attached hydrogens (tertiary/aromatic N) is 1. The van der Waals surface area contributed by atoms with Crippen LogP contribution in [0.25, 0.3) is 11.4 Å². The topological polar surface area (TPSA) is 66.0 Å². The summed E-state index contributed by atoms with van der Waals surface area (Å²) in [5, 5.41) is 8.91. The lowest BCUT2D eigenvalue weighted by Gasteiger charge is -1.98. The third-order valence-corrected chi connectivity index (χ3v) is 2.16. The van der Waals surface area contributed by atoms with E-state index >= 15 is 0 Å². The predicted octanol–water partition coefficient (Wildman–Crippen LogP) is 2.57. The number of carbonyl (C=O) groups is 1. The van der Waals surface area contributed by atoms with Crippen LogP contribution in [0.3, 0.4) is 0 Å². The average Bonchev–Trinajstić information content (AvgIpc) is 2.64. The second-order valence-electron chi connectivity index (χ2n) is 3.11. The third kappa shape index (κ3) is 2.04. The maximum atomic E-state index is 13.0. The van der Waals surface area contributed by atoms with Gasteiger partial charge < -0.3 is 10.1 Å². The Morgan fingerprint density at radius 3 is 2.75 bits per heavy atom. The molecule has 0 bridgehead atoms. The Kier molecular flexibility index (Phi) is 2.62. The molecule has 0 amide bonds. The van der Waals surface area contributed by atoms with E-state index in [-0.39, 0.29) is 16.5 Å². The summed E-state index contributed by atoms with van der Waals surface area (Å²) in [6, 6.07) is 3.87. The number of halogens is 2. The molecule has 82 valence electrons. The lowest BCUT2D eigenvalue weighted by atomic mass is 10.2. The van der Waals surface area contributed by atoms with Gasteiger partial charge in [-0.05, 0) is 18.2 Å². The van der Waals surface area contributed by atoms with Crippen molar-refractivity contribution >= 4 is 17.6 Å². The van der Waals surface area contributed by atoms with Gasteiger partial charge in [0.05, 0.1) is 6.20 Å². The predicted molar refractivity (Wildman–Crippen MR) is 56.0 cm³/mol. The number of aromatic amines is 1. The summed E-state index contributed by atoms with van der Waals surface area (Å²) in [5.41, 5.74) is 0.341. The second kappa shape index (κ2) is 3.94. The zero-order valence-electron chi connectivity index (χ0n) is 7.87. The minimum Gasteiger partial charge on any atom is -0.477 e. The van der Waals surface area contributed by atoms with Crippen molar-refractivity contribution in [2.75, 3.05) is 0 Å². The first-order chi connectivity index (χ1) is 7.56. The molecule has 0 radical (unpaired) electrons. The van der Waals surface area contributed by atoms with Gasteiger partial charge in [0.25, 0.3) is 0 Å². The molecule has 1 heterocycles. The number of benzene rings is 1. The summed E-state index contributed by atoms with van der Waals surface area (Å²) in [7, 11) is 0. The third-order valence-electron chi connectivity index (χ3n) is 1.94. The molecule has 0 aliphatic heterocycles. The lowest BCUT2D eigenvalue weighted by molar-refractivity contribution is 0.0691. The van der Waals surface area contributed by atoms with Crippen LogP contribution in [0.15, 0.2) is 24.4 Å². The monoisotopic (exact) mass is 240 g/mol. The molecule has 6 heteroatoms. The Balaban J connectivity index is 2.46. The summed E-state index contributed by atoms with van der Waals surface area (Å²) >= 11 is 5.67. The van der Waals surface area contributed by atoms with E-state index in [1.54, 1.807) is 0 Å². The standard InChI is InChI=1S/C10H6ClFN2O2/c11-6-1-5(2-7(12)3-6)9-13-4-8(14-9)10(15)16/h1-4H,(H,13,14)(H,15,16). The zero-order valence-corrected chi connectivity index (χ0v) is 8.62. The minimum atomic E-state index is -1.12. The fraction of sp³-hybridized carbons (Fsp3) is 0. The number of aromatic carboxylic acids is 1. The second-order valence-corrected chi connectivity index (χ2v) is 3.55. The first-order valence-electron chi connectivity index (χ1n) is 4.31. The first-order valence-corrected chi connectivity index (χ1v) is 4.69. The molecule has 0 unspecified atom stereocenters. The van der Waals surface area contributed by atoms with Gasteiger partial charge in [-0.3, -0.25) is 0 Å². The fourth-order valence-electron chi connectivity index (χ4n) is 1.27. The van der Waals surface area contributed by atoms with Gasteiger partial charge in [0.1, 0.15) is 17.3 Å². The molecule has 0 spiro atoms. The Morgan fingerprint density at radius 1 is 1.44 bits per heavy atom. The van der Waals surface area contributed by atoms with E-state index in [0.29, 0.717) is 5.56 Å². The van der Waals surface area contributed by atoms with Gasteiger partial charge in [-0.1, -0.05) is 11.6 Å². The van der Waals surface area contributed by atoms with Crippen molar-refractivity contribution in [3.63, 3.8) is 0 Å². The Morgan fingerprint density at radius 2 is 2.19 bits per heavy atom. The molecule has 1 aromatic carbocycles. The van der Waals surface area contributed by atoms with Crippen molar-refractivity contribution in [2.45, 2.75) is 0 Å². The van der Waals surface area contributed by atoms with Crippen LogP contribution in [-0.2, 0) is 0 Å². The molecule has 4 nitrogen and oxygen atoms in total. The maximum Gasteiger partial charge on any atom is 0.353 e. The van der Waals surface area contributed by atoms with E-state index in [1.807, 2.05) is 0 Å². The highest BCUT2D eigenvalue weighted by molar-refractivity contribution is 6.30. The van der Waals surface area contributed by atoms with Crippen LogP contribution in [0.2, 0.25) is 5.02 Å². The maximum absolute atomic E-state index is 13.0. The Bertz CT molecular complexity index is 533. The van der Waals surface area contributed by atoms with Gasteiger partial charge in [0.15, 0.2) is 0 Å². The molecule has 0 aliphatic rings. The van der Waals surface area contributed by atoms with Crippen molar-refractivity contribution in [1.82, 2.24) is 9.97 Å². The first kappa shape index (κ1) is 10.6. The quantitative estimate of drug-likeness (QED) is 0.848. The van der Waals surface area contributed by atoms with Crippen LogP contribution < -0.4 is 0 Å². The Hall–Kier alpha value is -1.88. The molecular formula is C10H6ClFN2O2. The van der Waals surface area contributed by atoms with Crippen LogP contribution >= 0.6 is 11.6 Å². The van der Waals surface area contributed by atoms with Crippen molar-refractivity contribution in [3.05, 3.63) is 40.9 Å². The van der Waals surface area contributed by atoms with Crippen LogP contribution in [0.1, 0.15) is 10.5 Å². The van der Waals surface area contributed by atoms with E-state index in [1.165, 1.54) is 12.1 Å². The number of imidazole rings is 1. The van der Waals surface area contributed by atoms with E-state index in [2.05, 4.69) is 9.97 Å². The van der Waals surface area contributed by atoms with Crippen molar-refractivity contribution < 1.29 is 14.3 Å². The number of hydrogen-bond donors (Lipinski definition) is 2. The number of carboxylic acid groups (broad SMARTS) is 1. The van der Waals surface area contributed by atoms with Gasteiger partial charge >= 0.3 is 5.97 Å². The summed E-state index contributed by atoms with van der Waals surface area (Å²) < 4.78 is 13.0. The molecule has 0 saturated carbocycles. The zero-order chi connectivity index (χ0) is 11.7. The van der Waals surface area contributed by atoms with Gasteiger partial charge in [-0.2, -0.15) is 0 Å². The summed E-state index contributed by atoms with van der Waals surface area (Å²) in [5.74, 6) is -1.36. The molecule has 2 aromatic rings. The molecule has 2 N–H and O–H groups in total. The summed E-state index contributed by atoms with van der Waals surface area (Å²) in [6.45, 7) is 0. The molecule has 1 aromatic heterocycles. The highest BCUT2D eigenvalue weighted by atomic mass is 35.5. The molecule has 0 saturated heterocycles. The SMILES string of the molecule is O=C(O)c1cnc(-c2cc(F)cc(Cl)c2)[nH]1. The van der Waals surface area contributed by atoms with Gasteiger partial charge in [-0.25, -0.2) is 14.2 Å². The number of carboxylic acids is 1. The highest BCUT2D eigenvalue weighted by Gasteiger charge is 2.10. The van der Waals surface area contributed by atoms with Crippen molar-refractivity contribution in [1.29, 1.82) is 0 Å². The van der Waals surface area contributed by atoms with Gasteiger partial charge in [-0.15, -0.1) is 0 Å². The molecule has 0 aliphatic carbocycles. The number of hydrogen-bond acceptors (Lipinski definition) is 2. The summed E-state index contributed by atoms with van der Waals surface area (Å²) in [4.78, 5) is 17.0. The lowest BCUT2D eigenvalue weighted by Crippen LogP contribution is -1.95. The largest absolute Gasteiger partial charge is 0.477 e. The molecular weight excluding hydrogens is 235 g/mol. The number of rotatable bonds is 2. The fourth-order valence-corrected chi connectivity index (χ4v) is 1.49. The van der Waals surface area contributed by atoms with E-state index in [9.17, 15) is 9.18 Å². The Labute approximate surface area is 94.7 Å². The minimum absolute atomic E-state index is 0.0598. The van der Waals surface area contributed by atoms with Crippen LogP contribution in [-0.4, -0.2) is 21.0 Å². The van der Waals surface area contributed by atoms with Gasteiger partial charge in [0.2, 0.25) is 0 Å². The van der Waals surface area contributed by atoms with Crippen LogP contribution in [0, 0.1) is 5.82 Å². The van der Waals surface area contributed by atoms with E-state index < -0.39 is 11.8 Å². The summed E-state index contributed by atoms with van der Waals surface area (Å²) in [6.07, 6.45) is 1.16. The van der Waals surface area contributed by atoms with E-state index in [0.717, 1.165) is 12.3 Å². The number of aromatic nitrogens is 2. The van der Waals surface area contributed by atoms with Gasteiger partial charge in [0, 0.05) is 10.6 Å². The molecule has 0 atom stereocenters. The molecule has 2 rings (SSSR count). The van der Waals surface area contributed by atoms with Crippen LogP contribution in [0.4, 0.5) is 4.39 Å². The number of nitrogens with one attached hydrogen (secondary N) is 1. The van der Waals surface area contributed by atoms with Crippen LogP contribution in [0.5, 0.6) is 0 Å². The van der Waals surface area contributed by atoms with Crippen molar-refractivity contribution in [3.8, 4) is 11.4 Å². The molecule has 0 fully saturated rings. The smallest absolute Gasteiger partial charge is 0.353 e. The number of H-pyrrole nitrogens is 1. The van der Waals surface area contributed by atoms with E-state index in [4.69, 9.17) is 16.7 Å². The molecule has 16 heavy (non-hydrogen) atoms. The van der Waals surface area contributed by atoms with Crippen molar-refractivity contribution in [2.24, 2.45) is 0 Å².